The zero-order valence-electron chi connectivity index (χ0n) is 11.4. The predicted molar refractivity (Wildman–Crippen MR) is 80.5 cm³/mol. The largest absolute Gasteiger partial charge is 0.492 e. The Kier molecular flexibility index (Phi) is 4.29. The standard InChI is InChI=1S/C16H20N2O/c1-3-19-16-10-14(7-8-15(16)17)18-11-13-6-4-5-12(2)9-13/h4-10,18H,3,11,17H2,1-2H3. The van der Waals surface area contributed by atoms with E-state index in [0.29, 0.717) is 12.3 Å². The molecule has 0 amide bonds. The van der Waals surface area contributed by atoms with E-state index in [4.69, 9.17) is 10.5 Å². The summed E-state index contributed by atoms with van der Waals surface area (Å²) in [6.07, 6.45) is 0. The monoisotopic (exact) mass is 256 g/mol. The number of ether oxygens (including phenoxy) is 1. The quantitative estimate of drug-likeness (QED) is 0.804. The summed E-state index contributed by atoms with van der Waals surface area (Å²) in [5.41, 5.74) is 10.1. The molecule has 0 spiro atoms. The lowest BCUT2D eigenvalue weighted by molar-refractivity contribution is 0.342. The van der Waals surface area contributed by atoms with Gasteiger partial charge in [-0.3, -0.25) is 0 Å². The third kappa shape index (κ3) is 3.65. The molecule has 0 saturated heterocycles. The minimum Gasteiger partial charge on any atom is -0.492 e. The van der Waals surface area contributed by atoms with E-state index in [-0.39, 0.29) is 0 Å². The molecular formula is C16H20N2O. The van der Waals surface area contributed by atoms with Gasteiger partial charge in [0.25, 0.3) is 0 Å². The van der Waals surface area contributed by atoms with E-state index < -0.39 is 0 Å². The molecule has 0 fully saturated rings. The van der Waals surface area contributed by atoms with Gasteiger partial charge in [0.2, 0.25) is 0 Å². The second-order valence-corrected chi connectivity index (χ2v) is 4.53. The highest BCUT2D eigenvalue weighted by Crippen LogP contribution is 2.25. The van der Waals surface area contributed by atoms with Crippen LogP contribution < -0.4 is 15.8 Å². The normalized spacial score (nSPS) is 10.2. The molecule has 0 aromatic heterocycles. The highest BCUT2D eigenvalue weighted by molar-refractivity contribution is 5.61. The predicted octanol–water partition coefficient (Wildman–Crippen LogP) is 3.59. The summed E-state index contributed by atoms with van der Waals surface area (Å²) < 4.78 is 5.48. The van der Waals surface area contributed by atoms with E-state index in [0.717, 1.165) is 18.0 Å². The summed E-state index contributed by atoms with van der Waals surface area (Å²) in [7, 11) is 0. The van der Waals surface area contributed by atoms with Crippen molar-refractivity contribution in [3.8, 4) is 5.75 Å². The molecule has 2 aromatic carbocycles. The molecule has 0 bridgehead atoms. The molecule has 0 radical (unpaired) electrons. The number of rotatable bonds is 5. The Bertz CT molecular complexity index is 552. The third-order valence-corrected chi connectivity index (χ3v) is 2.89. The second kappa shape index (κ2) is 6.14. The Morgan fingerprint density at radius 1 is 1.16 bits per heavy atom. The van der Waals surface area contributed by atoms with Crippen LogP contribution in [0.15, 0.2) is 42.5 Å². The van der Waals surface area contributed by atoms with Gasteiger partial charge in [-0.2, -0.15) is 0 Å². The van der Waals surface area contributed by atoms with Gasteiger partial charge in [-0.15, -0.1) is 0 Å². The fraction of sp³-hybridized carbons (Fsp3) is 0.250. The summed E-state index contributed by atoms with van der Waals surface area (Å²) in [4.78, 5) is 0. The number of nitrogen functional groups attached to an aromatic ring is 1. The maximum atomic E-state index is 5.85. The van der Waals surface area contributed by atoms with Gasteiger partial charge < -0.3 is 15.8 Å². The average Bonchev–Trinajstić information content (AvgIpc) is 2.40. The van der Waals surface area contributed by atoms with Crippen molar-refractivity contribution in [2.24, 2.45) is 0 Å². The number of aryl methyl sites for hydroxylation is 1. The van der Waals surface area contributed by atoms with Gasteiger partial charge in [0, 0.05) is 18.3 Å². The number of hydrogen-bond acceptors (Lipinski definition) is 3. The topological polar surface area (TPSA) is 47.3 Å². The molecule has 19 heavy (non-hydrogen) atoms. The van der Waals surface area contributed by atoms with Crippen LogP contribution in [-0.2, 0) is 6.54 Å². The van der Waals surface area contributed by atoms with Crippen molar-refractivity contribution in [3.63, 3.8) is 0 Å². The van der Waals surface area contributed by atoms with Crippen LogP contribution in [0.25, 0.3) is 0 Å². The number of hydrogen-bond donors (Lipinski definition) is 2. The van der Waals surface area contributed by atoms with Gasteiger partial charge in [0.15, 0.2) is 0 Å². The van der Waals surface area contributed by atoms with E-state index in [1.54, 1.807) is 0 Å². The minimum atomic E-state index is 0.617. The van der Waals surface area contributed by atoms with E-state index >= 15 is 0 Å². The molecule has 0 atom stereocenters. The fourth-order valence-electron chi connectivity index (χ4n) is 1.95. The second-order valence-electron chi connectivity index (χ2n) is 4.53. The molecule has 2 aromatic rings. The van der Waals surface area contributed by atoms with Crippen molar-refractivity contribution in [3.05, 3.63) is 53.6 Å². The number of nitrogens with one attached hydrogen (secondary N) is 1. The molecule has 0 saturated carbocycles. The Labute approximate surface area is 114 Å². The molecule has 0 aliphatic carbocycles. The highest BCUT2D eigenvalue weighted by atomic mass is 16.5. The molecule has 3 N–H and O–H groups in total. The van der Waals surface area contributed by atoms with Gasteiger partial charge >= 0.3 is 0 Å². The van der Waals surface area contributed by atoms with Crippen LogP contribution in [0.1, 0.15) is 18.1 Å². The Morgan fingerprint density at radius 2 is 2.00 bits per heavy atom. The van der Waals surface area contributed by atoms with E-state index in [2.05, 4.69) is 36.5 Å². The zero-order valence-corrected chi connectivity index (χ0v) is 11.4. The van der Waals surface area contributed by atoms with Crippen LogP contribution in [0.5, 0.6) is 5.75 Å². The number of benzene rings is 2. The van der Waals surface area contributed by atoms with E-state index in [1.807, 2.05) is 25.1 Å². The Hall–Kier alpha value is -2.16. The van der Waals surface area contributed by atoms with Crippen molar-refractivity contribution >= 4 is 11.4 Å². The van der Waals surface area contributed by atoms with Crippen molar-refractivity contribution in [1.82, 2.24) is 0 Å². The highest BCUT2D eigenvalue weighted by Gasteiger charge is 2.02. The summed E-state index contributed by atoms with van der Waals surface area (Å²) in [6, 6.07) is 14.2. The molecule has 0 aliphatic heterocycles. The SMILES string of the molecule is CCOc1cc(NCc2cccc(C)c2)ccc1N. The first-order valence-corrected chi connectivity index (χ1v) is 6.51. The summed E-state index contributed by atoms with van der Waals surface area (Å²) in [6.45, 7) is 5.45. The summed E-state index contributed by atoms with van der Waals surface area (Å²) >= 11 is 0. The summed E-state index contributed by atoms with van der Waals surface area (Å²) in [5, 5.41) is 3.38. The average molecular weight is 256 g/mol. The van der Waals surface area contributed by atoms with E-state index in [9.17, 15) is 0 Å². The lowest BCUT2D eigenvalue weighted by Crippen LogP contribution is -2.02. The zero-order chi connectivity index (χ0) is 13.7. The van der Waals surface area contributed by atoms with E-state index in [1.165, 1.54) is 11.1 Å². The van der Waals surface area contributed by atoms with Crippen LogP contribution in [0, 0.1) is 6.92 Å². The van der Waals surface area contributed by atoms with Crippen LogP contribution in [0.4, 0.5) is 11.4 Å². The summed E-state index contributed by atoms with van der Waals surface area (Å²) in [5.74, 6) is 0.733. The molecule has 0 unspecified atom stereocenters. The van der Waals surface area contributed by atoms with Gasteiger partial charge in [0.1, 0.15) is 5.75 Å². The maximum Gasteiger partial charge on any atom is 0.144 e. The molecule has 100 valence electrons. The van der Waals surface area contributed by atoms with Crippen molar-refractivity contribution < 1.29 is 4.74 Å². The molecule has 0 aliphatic rings. The van der Waals surface area contributed by atoms with Gasteiger partial charge in [-0.05, 0) is 31.5 Å². The lowest BCUT2D eigenvalue weighted by atomic mass is 10.1. The van der Waals surface area contributed by atoms with Crippen molar-refractivity contribution in [1.29, 1.82) is 0 Å². The molecule has 2 rings (SSSR count). The molecule has 3 heteroatoms. The number of anilines is 2. The van der Waals surface area contributed by atoms with Gasteiger partial charge in [-0.1, -0.05) is 29.8 Å². The third-order valence-electron chi connectivity index (χ3n) is 2.89. The first-order valence-electron chi connectivity index (χ1n) is 6.51. The number of nitrogens with two attached hydrogens (primary N) is 1. The van der Waals surface area contributed by atoms with Crippen LogP contribution in [0.2, 0.25) is 0 Å². The van der Waals surface area contributed by atoms with Crippen LogP contribution in [-0.4, -0.2) is 6.61 Å². The first-order chi connectivity index (χ1) is 9.19. The molecule has 0 heterocycles. The maximum absolute atomic E-state index is 5.85. The first kappa shape index (κ1) is 13.3. The Morgan fingerprint density at radius 3 is 2.74 bits per heavy atom. The smallest absolute Gasteiger partial charge is 0.144 e. The minimum absolute atomic E-state index is 0.617. The van der Waals surface area contributed by atoms with Crippen LogP contribution >= 0.6 is 0 Å². The Balaban J connectivity index is 2.05. The van der Waals surface area contributed by atoms with Crippen LogP contribution in [0.3, 0.4) is 0 Å². The van der Waals surface area contributed by atoms with Gasteiger partial charge in [-0.25, -0.2) is 0 Å². The molecule has 3 nitrogen and oxygen atoms in total. The van der Waals surface area contributed by atoms with Crippen molar-refractivity contribution in [2.45, 2.75) is 20.4 Å². The van der Waals surface area contributed by atoms with Crippen molar-refractivity contribution in [2.75, 3.05) is 17.7 Å². The lowest BCUT2D eigenvalue weighted by Gasteiger charge is -2.11. The fourth-order valence-corrected chi connectivity index (χ4v) is 1.95. The van der Waals surface area contributed by atoms with Gasteiger partial charge in [0.05, 0.1) is 12.3 Å². The molecular weight excluding hydrogens is 236 g/mol.